The van der Waals surface area contributed by atoms with Crippen molar-refractivity contribution in [3.05, 3.63) is 41.5 Å². The monoisotopic (exact) mass is 440 g/mol. The quantitative estimate of drug-likeness (QED) is 0.233. The zero-order valence-corrected chi connectivity index (χ0v) is 22.1. The second-order valence-corrected chi connectivity index (χ2v) is 6.32. The first-order chi connectivity index (χ1) is 12.8. The van der Waals surface area contributed by atoms with Crippen LogP contribution in [0.15, 0.2) is 30.3 Å². The van der Waals surface area contributed by atoms with Crippen LogP contribution < -0.4 is 92.4 Å². The van der Waals surface area contributed by atoms with Gasteiger partial charge in [-0.2, -0.15) is 0 Å². The SMILES string of the molecule is COc1ccc(/C=C/c2cc(OC)c(OC)c(OC)c2)cc1OP(=O)([O-])[O-].[Na+].[Na+]. The summed E-state index contributed by atoms with van der Waals surface area (Å²) in [7, 11) is 0.680. The van der Waals surface area contributed by atoms with E-state index >= 15 is 0 Å². The zero-order chi connectivity index (χ0) is 20.0. The van der Waals surface area contributed by atoms with Crippen molar-refractivity contribution in [3.8, 4) is 28.7 Å². The summed E-state index contributed by atoms with van der Waals surface area (Å²) in [6, 6.07) is 8.07. The Hall–Kier alpha value is -0.670. The Morgan fingerprint density at radius 2 is 1.21 bits per heavy atom. The maximum atomic E-state index is 10.9. The minimum absolute atomic E-state index is 0. The number of phosphoric ester groups is 1. The van der Waals surface area contributed by atoms with Gasteiger partial charge < -0.3 is 37.8 Å². The molecule has 0 aliphatic carbocycles. The molecule has 2 aromatic rings. The van der Waals surface area contributed by atoms with E-state index in [9.17, 15) is 14.4 Å². The van der Waals surface area contributed by atoms with E-state index in [1.165, 1.54) is 40.6 Å². The van der Waals surface area contributed by atoms with E-state index in [0.717, 1.165) is 5.56 Å². The van der Waals surface area contributed by atoms with E-state index in [1.54, 1.807) is 30.4 Å². The Balaban J connectivity index is 0.00000392. The van der Waals surface area contributed by atoms with E-state index in [1.807, 2.05) is 0 Å². The van der Waals surface area contributed by atoms with Crippen LogP contribution in [0.25, 0.3) is 12.2 Å². The average Bonchev–Trinajstić information content (AvgIpc) is 2.64. The molecule has 0 saturated heterocycles. The van der Waals surface area contributed by atoms with Gasteiger partial charge in [0.2, 0.25) is 5.75 Å². The number of hydrogen-bond donors (Lipinski definition) is 0. The molecule has 0 radical (unpaired) electrons. The second-order valence-electron chi connectivity index (χ2n) is 5.24. The smallest absolute Gasteiger partial charge is 0.780 e. The van der Waals surface area contributed by atoms with Crippen molar-refractivity contribution < 1.29 is 96.9 Å². The molecule has 0 amide bonds. The molecule has 0 aliphatic heterocycles. The van der Waals surface area contributed by atoms with Gasteiger partial charge in [-0.05, 0) is 35.4 Å². The number of benzene rings is 2. The van der Waals surface area contributed by atoms with Crippen molar-refractivity contribution >= 4 is 20.0 Å². The Labute approximate surface area is 214 Å². The van der Waals surface area contributed by atoms with Crippen molar-refractivity contribution in [2.45, 2.75) is 0 Å². The van der Waals surface area contributed by atoms with Crippen molar-refractivity contribution in [2.24, 2.45) is 0 Å². The third-order valence-corrected chi connectivity index (χ3v) is 3.97. The molecule has 0 fully saturated rings. The molecule has 0 aliphatic rings. The summed E-state index contributed by atoms with van der Waals surface area (Å²) in [6.45, 7) is 0. The summed E-state index contributed by atoms with van der Waals surface area (Å²) in [5.41, 5.74) is 1.34. The molecule has 11 heteroatoms. The summed E-state index contributed by atoms with van der Waals surface area (Å²) in [5.74, 6) is 1.41. The Bertz CT molecular complexity index is 857. The van der Waals surface area contributed by atoms with Crippen molar-refractivity contribution in [1.29, 1.82) is 0 Å². The number of ether oxygens (including phenoxy) is 4. The fourth-order valence-corrected chi connectivity index (χ4v) is 2.76. The van der Waals surface area contributed by atoms with Crippen LogP contribution in [0.2, 0.25) is 0 Å². The van der Waals surface area contributed by atoms with Gasteiger partial charge in [0, 0.05) is 0 Å². The van der Waals surface area contributed by atoms with Crippen molar-refractivity contribution in [3.63, 3.8) is 0 Å². The summed E-state index contributed by atoms with van der Waals surface area (Å²) in [5, 5.41) is 0. The van der Waals surface area contributed by atoms with Gasteiger partial charge >= 0.3 is 59.1 Å². The molecule has 0 saturated carbocycles. The van der Waals surface area contributed by atoms with Gasteiger partial charge in [0.1, 0.15) is 7.82 Å². The average molecular weight is 440 g/mol. The van der Waals surface area contributed by atoms with Crippen LogP contribution in [0, 0.1) is 0 Å². The van der Waals surface area contributed by atoms with Gasteiger partial charge in [0.15, 0.2) is 23.0 Å². The van der Waals surface area contributed by atoms with Crippen LogP contribution in [0.5, 0.6) is 28.7 Å². The van der Waals surface area contributed by atoms with Crippen LogP contribution in [0.1, 0.15) is 11.1 Å². The van der Waals surface area contributed by atoms with Crippen molar-refractivity contribution in [2.75, 3.05) is 28.4 Å². The first-order valence-corrected chi connectivity index (χ1v) is 9.15. The summed E-state index contributed by atoms with van der Waals surface area (Å²) in [4.78, 5) is 21.8. The van der Waals surface area contributed by atoms with Gasteiger partial charge in [-0.15, -0.1) is 0 Å². The molecular formula is C18H19Na2O8P. The Morgan fingerprint density at radius 3 is 1.66 bits per heavy atom. The van der Waals surface area contributed by atoms with Gasteiger partial charge in [-0.3, -0.25) is 0 Å². The largest absolute Gasteiger partial charge is 1.00 e. The zero-order valence-electron chi connectivity index (χ0n) is 17.3. The van der Waals surface area contributed by atoms with Crippen LogP contribution >= 0.6 is 7.82 Å². The third kappa shape index (κ3) is 8.17. The van der Waals surface area contributed by atoms with Gasteiger partial charge in [0.05, 0.1) is 28.4 Å². The molecule has 146 valence electrons. The predicted octanol–water partition coefficient (Wildman–Crippen LogP) is -3.89. The van der Waals surface area contributed by atoms with Crippen LogP contribution in [-0.4, -0.2) is 28.4 Å². The molecule has 2 aromatic carbocycles. The molecule has 0 bridgehead atoms. The Morgan fingerprint density at radius 1 is 0.724 bits per heavy atom. The minimum atomic E-state index is -5.21. The third-order valence-electron chi connectivity index (χ3n) is 3.55. The topological polar surface area (TPSA) is 109 Å². The van der Waals surface area contributed by atoms with E-state index in [-0.39, 0.29) is 70.6 Å². The predicted molar refractivity (Wildman–Crippen MR) is 96.3 cm³/mol. The van der Waals surface area contributed by atoms with Crippen molar-refractivity contribution in [1.82, 2.24) is 0 Å². The molecule has 0 aromatic heterocycles. The number of methoxy groups -OCH3 is 4. The fourth-order valence-electron chi connectivity index (χ4n) is 2.38. The maximum absolute atomic E-state index is 10.9. The number of phosphoric acid groups is 1. The first kappa shape index (κ1) is 28.3. The van der Waals surface area contributed by atoms with Crippen LogP contribution in [0.3, 0.4) is 0 Å². The number of rotatable bonds is 8. The van der Waals surface area contributed by atoms with Gasteiger partial charge in [-0.1, -0.05) is 18.2 Å². The fraction of sp³-hybridized carbons (Fsp3) is 0.222. The maximum Gasteiger partial charge on any atom is 1.00 e. The summed E-state index contributed by atoms with van der Waals surface area (Å²) >= 11 is 0. The molecule has 29 heavy (non-hydrogen) atoms. The summed E-state index contributed by atoms with van der Waals surface area (Å²) < 4.78 is 36.2. The van der Waals surface area contributed by atoms with Gasteiger partial charge in [0.25, 0.3) is 0 Å². The summed E-state index contributed by atoms with van der Waals surface area (Å²) in [6.07, 6.45) is 3.46. The molecule has 0 unspecified atom stereocenters. The first-order valence-electron chi connectivity index (χ1n) is 7.69. The van der Waals surface area contributed by atoms with Gasteiger partial charge in [-0.25, -0.2) is 0 Å². The standard InChI is InChI=1S/C18H21O8P.2Na/c1-22-14-8-7-12(9-15(14)26-27(19,20)21)5-6-13-10-16(23-2)18(25-4)17(11-13)24-3;;/h5-11H,1-4H3,(H2,19,20,21);;/q;2*+1/p-2/b6-5+;;. The molecule has 2 rings (SSSR count). The van der Waals surface area contributed by atoms with E-state index < -0.39 is 7.82 Å². The number of hydrogen-bond acceptors (Lipinski definition) is 8. The molecule has 0 spiro atoms. The van der Waals surface area contributed by atoms with E-state index in [0.29, 0.717) is 22.8 Å². The molecule has 8 nitrogen and oxygen atoms in total. The molecule has 0 heterocycles. The second kappa shape index (κ2) is 12.9. The molecule has 0 N–H and O–H groups in total. The normalized spacial score (nSPS) is 10.6. The van der Waals surface area contributed by atoms with E-state index in [2.05, 4.69) is 4.52 Å². The van der Waals surface area contributed by atoms with Crippen LogP contribution in [-0.2, 0) is 4.57 Å². The molecular weight excluding hydrogens is 421 g/mol. The van der Waals surface area contributed by atoms with Crippen LogP contribution in [0.4, 0.5) is 0 Å². The molecule has 0 atom stereocenters. The van der Waals surface area contributed by atoms with E-state index in [4.69, 9.17) is 18.9 Å². The Kier molecular flexibility index (Phi) is 12.6. The minimum Gasteiger partial charge on any atom is -0.780 e.